The maximum absolute atomic E-state index is 11.9. The van der Waals surface area contributed by atoms with Crippen molar-refractivity contribution in [3.8, 4) is 0 Å². The minimum atomic E-state index is -3.74. The van der Waals surface area contributed by atoms with E-state index in [0.29, 0.717) is 0 Å². The van der Waals surface area contributed by atoms with Crippen molar-refractivity contribution in [2.45, 2.75) is 31.4 Å². The first-order valence-electron chi connectivity index (χ1n) is 5.38. The van der Waals surface area contributed by atoms with Crippen molar-refractivity contribution in [3.63, 3.8) is 0 Å². The fourth-order valence-corrected chi connectivity index (χ4v) is 2.61. The summed E-state index contributed by atoms with van der Waals surface area (Å²) in [7, 11) is -0.620. The molecule has 1 aromatic rings. The van der Waals surface area contributed by atoms with Gasteiger partial charge in [0.2, 0.25) is 5.09 Å². The third-order valence-electron chi connectivity index (χ3n) is 1.90. The van der Waals surface area contributed by atoms with Crippen LogP contribution in [0.4, 0.5) is 0 Å². The van der Waals surface area contributed by atoms with Gasteiger partial charge in [0.1, 0.15) is 0 Å². The highest BCUT2D eigenvalue weighted by molar-refractivity contribution is 7.89. The van der Waals surface area contributed by atoms with Crippen LogP contribution in [0.1, 0.15) is 31.3 Å². The van der Waals surface area contributed by atoms with Crippen LogP contribution < -0.4 is 4.72 Å². The molecule has 0 radical (unpaired) electrons. The zero-order chi connectivity index (χ0) is 14.1. The van der Waals surface area contributed by atoms with E-state index in [-0.39, 0.29) is 16.8 Å². The van der Waals surface area contributed by atoms with Crippen molar-refractivity contribution in [1.29, 1.82) is 0 Å². The molecule has 1 rings (SSSR count). The largest absolute Gasteiger partial charge is 0.438 e. The minimum Gasteiger partial charge on any atom is -0.438 e. The van der Waals surface area contributed by atoms with E-state index in [1.165, 1.54) is 17.0 Å². The van der Waals surface area contributed by atoms with Gasteiger partial charge in [-0.2, -0.15) is 0 Å². The fraction of sp³-hybridized carbons (Fsp3) is 0.545. The number of rotatable bonds is 3. The SMILES string of the molecule is CN(C)C(=O)c1ccc(S(=O)(=O)NC(C)(C)C)o1. The molecule has 1 amide bonds. The number of nitrogens with zero attached hydrogens (tertiary/aromatic N) is 1. The van der Waals surface area contributed by atoms with Crippen LogP contribution in [0.5, 0.6) is 0 Å². The van der Waals surface area contributed by atoms with E-state index in [0.717, 1.165) is 0 Å². The summed E-state index contributed by atoms with van der Waals surface area (Å²) in [6, 6.07) is 2.62. The van der Waals surface area contributed by atoms with Crippen molar-refractivity contribution in [1.82, 2.24) is 9.62 Å². The predicted octanol–water partition coefficient (Wildman–Crippen LogP) is 1.06. The lowest BCUT2D eigenvalue weighted by Gasteiger charge is -2.19. The van der Waals surface area contributed by atoms with Crippen LogP contribution in [0, 0.1) is 0 Å². The monoisotopic (exact) mass is 274 g/mol. The molecule has 0 aliphatic heterocycles. The lowest BCUT2D eigenvalue weighted by atomic mass is 10.1. The number of nitrogens with one attached hydrogen (secondary N) is 1. The molecule has 6 nitrogen and oxygen atoms in total. The average molecular weight is 274 g/mol. The predicted molar refractivity (Wildman–Crippen MR) is 66.8 cm³/mol. The van der Waals surface area contributed by atoms with Crippen LogP contribution in [0.15, 0.2) is 21.6 Å². The van der Waals surface area contributed by atoms with E-state index >= 15 is 0 Å². The van der Waals surface area contributed by atoms with Gasteiger partial charge in [0.05, 0.1) is 0 Å². The van der Waals surface area contributed by atoms with Crippen LogP contribution in [0.25, 0.3) is 0 Å². The highest BCUT2D eigenvalue weighted by Gasteiger charge is 2.26. The molecule has 0 aliphatic rings. The van der Waals surface area contributed by atoms with E-state index < -0.39 is 15.6 Å². The number of furan rings is 1. The molecule has 1 heterocycles. The van der Waals surface area contributed by atoms with E-state index in [1.54, 1.807) is 34.9 Å². The van der Waals surface area contributed by atoms with Gasteiger partial charge in [-0.3, -0.25) is 4.79 Å². The van der Waals surface area contributed by atoms with Crippen LogP contribution in [0.2, 0.25) is 0 Å². The zero-order valence-electron chi connectivity index (χ0n) is 11.1. The third kappa shape index (κ3) is 3.58. The Morgan fingerprint density at radius 1 is 1.28 bits per heavy atom. The van der Waals surface area contributed by atoms with Crippen LogP contribution in [-0.2, 0) is 10.0 Å². The molecule has 0 saturated heterocycles. The van der Waals surface area contributed by atoms with Crippen LogP contribution >= 0.6 is 0 Å². The van der Waals surface area contributed by atoms with Crippen molar-refractivity contribution < 1.29 is 17.6 Å². The number of carbonyl (C=O) groups excluding carboxylic acids is 1. The van der Waals surface area contributed by atoms with Crippen molar-refractivity contribution in [2.24, 2.45) is 0 Å². The van der Waals surface area contributed by atoms with Gasteiger partial charge in [-0.25, -0.2) is 13.1 Å². The average Bonchev–Trinajstić information content (AvgIpc) is 2.61. The van der Waals surface area contributed by atoms with E-state index in [2.05, 4.69) is 4.72 Å². The highest BCUT2D eigenvalue weighted by Crippen LogP contribution is 2.17. The molecule has 1 N–H and O–H groups in total. The molecule has 0 spiro atoms. The Labute approximate surface area is 107 Å². The molecule has 0 saturated carbocycles. The summed E-state index contributed by atoms with van der Waals surface area (Å²) in [5, 5.41) is -0.261. The standard InChI is InChI=1S/C11H18N2O4S/c1-11(2,3)12-18(15,16)9-7-6-8(17-9)10(14)13(4)5/h6-7,12H,1-5H3. The van der Waals surface area contributed by atoms with E-state index in [4.69, 9.17) is 4.42 Å². The van der Waals surface area contributed by atoms with E-state index in [9.17, 15) is 13.2 Å². The molecule has 0 aliphatic carbocycles. The molecule has 1 aromatic heterocycles. The van der Waals surface area contributed by atoms with Gasteiger partial charge >= 0.3 is 0 Å². The highest BCUT2D eigenvalue weighted by atomic mass is 32.2. The maximum Gasteiger partial charge on any atom is 0.289 e. The summed E-state index contributed by atoms with van der Waals surface area (Å²) in [4.78, 5) is 12.9. The first kappa shape index (κ1) is 14.7. The summed E-state index contributed by atoms with van der Waals surface area (Å²) in [6.45, 7) is 5.16. The van der Waals surface area contributed by atoms with Gasteiger partial charge in [-0.1, -0.05) is 0 Å². The Hall–Kier alpha value is -1.34. The van der Waals surface area contributed by atoms with Crippen molar-refractivity contribution in [2.75, 3.05) is 14.1 Å². The number of amides is 1. The Balaban J connectivity index is 3.03. The number of sulfonamides is 1. The van der Waals surface area contributed by atoms with Gasteiger partial charge in [-0.15, -0.1) is 0 Å². The van der Waals surface area contributed by atoms with Gasteiger partial charge in [0.25, 0.3) is 15.9 Å². The van der Waals surface area contributed by atoms with Gasteiger partial charge in [0.15, 0.2) is 5.76 Å². The molecule has 0 atom stereocenters. The molecule has 18 heavy (non-hydrogen) atoms. The van der Waals surface area contributed by atoms with Crippen LogP contribution in [-0.4, -0.2) is 38.9 Å². The maximum atomic E-state index is 11.9. The van der Waals surface area contributed by atoms with E-state index in [1.807, 2.05) is 0 Å². The first-order valence-corrected chi connectivity index (χ1v) is 6.87. The molecular formula is C11H18N2O4S. The Morgan fingerprint density at radius 3 is 2.28 bits per heavy atom. The summed E-state index contributed by atoms with van der Waals surface area (Å²) in [6.07, 6.45) is 0. The molecular weight excluding hydrogens is 256 g/mol. The van der Waals surface area contributed by atoms with Gasteiger partial charge in [0, 0.05) is 19.6 Å². The molecule has 0 aromatic carbocycles. The second-order valence-electron chi connectivity index (χ2n) is 5.17. The molecule has 0 bridgehead atoms. The molecule has 7 heteroatoms. The minimum absolute atomic E-state index is 0.00529. The molecule has 0 fully saturated rings. The Morgan fingerprint density at radius 2 is 1.83 bits per heavy atom. The van der Waals surface area contributed by atoms with Gasteiger partial charge < -0.3 is 9.32 Å². The normalized spacial score (nSPS) is 12.5. The lowest BCUT2D eigenvalue weighted by molar-refractivity contribution is 0.0791. The second kappa shape index (κ2) is 4.74. The summed E-state index contributed by atoms with van der Waals surface area (Å²) >= 11 is 0. The van der Waals surface area contributed by atoms with Crippen LogP contribution in [0.3, 0.4) is 0 Å². The summed E-state index contributed by atoms with van der Waals surface area (Å²) < 4.78 is 31.4. The summed E-state index contributed by atoms with van der Waals surface area (Å²) in [5.41, 5.74) is -0.614. The Bertz CT molecular complexity index is 538. The van der Waals surface area contributed by atoms with Crippen molar-refractivity contribution >= 4 is 15.9 Å². The fourth-order valence-electron chi connectivity index (χ4n) is 1.25. The number of hydrogen-bond donors (Lipinski definition) is 1. The zero-order valence-corrected chi connectivity index (χ0v) is 12.0. The first-order chi connectivity index (χ1) is 8.03. The Kier molecular flexibility index (Phi) is 3.87. The smallest absolute Gasteiger partial charge is 0.289 e. The second-order valence-corrected chi connectivity index (χ2v) is 6.79. The third-order valence-corrected chi connectivity index (χ3v) is 3.53. The van der Waals surface area contributed by atoms with Gasteiger partial charge in [-0.05, 0) is 32.9 Å². The number of carbonyl (C=O) groups is 1. The topological polar surface area (TPSA) is 79.6 Å². The lowest BCUT2D eigenvalue weighted by Crippen LogP contribution is -2.40. The quantitative estimate of drug-likeness (QED) is 0.893. The summed E-state index contributed by atoms with van der Waals surface area (Å²) in [5.74, 6) is -0.388. The molecule has 102 valence electrons. The molecule has 0 unspecified atom stereocenters. The van der Waals surface area contributed by atoms with Crippen molar-refractivity contribution in [3.05, 3.63) is 17.9 Å². The number of hydrogen-bond acceptors (Lipinski definition) is 4.